The number of hydrogen-bond donors (Lipinski definition) is 1. The van der Waals surface area contributed by atoms with E-state index in [1.54, 1.807) is 12.4 Å². The molecular weight excluding hydrogens is 450 g/mol. The fourth-order valence-corrected chi connectivity index (χ4v) is 4.72. The summed E-state index contributed by atoms with van der Waals surface area (Å²) >= 11 is 0. The van der Waals surface area contributed by atoms with Crippen LogP contribution in [0.3, 0.4) is 0 Å². The molecule has 1 atom stereocenters. The molecule has 0 radical (unpaired) electrons. The Kier molecular flexibility index (Phi) is 7.19. The Morgan fingerprint density at radius 2 is 1.88 bits per heavy atom. The average molecular weight is 471 g/mol. The molecule has 1 aliphatic heterocycles. The van der Waals surface area contributed by atoms with Crippen molar-refractivity contribution in [3.05, 3.63) is 72.4 Å². The number of ether oxygens (including phenoxy) is 1. The molecule has 1 fully saturated rings. The van der Waals surface area contributed by atoms with Crippen LogP contribution in [-0.4, -0.2) is 31.2 Å². The van der Waals surface area contributed by atoms with Gasteiger partial charge >= 0.3 is 6.18 Å². The molecule has 0 amide bonds. The lowest BCUT2D eigenvalue weighted by atomic mass is 10.1. The second-order valence-corrected chi connectivity index (χ2v) is 9.03. The number of nitrogens with zero attached hydrogens (tertiary/aromatic N) is 2. The molecule has 0 unspecified atom stereocenters. The number of sulfone groups is 1. The maximum Gasteiger partial charge on any atom is 0.416 e. The van der Waals surface area contributed by atoms with Crippen molar-refractivity contribution in [1.82, 2.24) is 9.55 Å². The Labute approximate surface area is 182 Å². The summed E-state index contributed by atoms with van der Waals surface area (Å²) < 4.78 is 84.4. The van der Waals surface area contributed by atoms with Gasteiger partial charge in [0.25, 0.3) is 0 Å². The van der Waals surface area contributed by atoms with Crippen molar-refractivity contribution in [3.63, 3.8) is 0 Å². The molecule has 3 heterocycles. The first kappa shape index (κ1) is 23.7. The van der Waals surface area contributed by atoms with Crippen LogP contribution in [0.25, 0.3) is 0 Å². The molecule has 2 N–H and O–H groups in total. The van der Waals surface area contributed by atoms with E-state index < -0.39 is 32.3 Å². The standard InChI is InChI=1S/C16H16F4N2O3S.C5H5N/c17-13-5-11(16(18,19)20)1-2-14(13)26(23,24)15-6-12(21)8-22(15)7-10-3-4-25-9-10;1-2-4-6-5-3-1/h1-2,5-6,8,10H,3-4,7,9,21H2;1-5H/t10-;/m1./s1. The van der Waals surface area contributed by atoms with Gasteiger partial charge in [-0.05, 0) is 42.8 Å². The number of pyridine rings is 1. The van der Waals surface area contributed by atoms with E-state index in [-0.39, 0.29) is 22.7 Å². The number of halogens is 4. The zero-order valence-corrected chi connectivity index (χ0v) is 17.6. The second kappa shape index (κ2) is 9.70. The van der Waals surface area contributed by atoms with E-state index in [4.69, 9.17) is 10.5 Å². The third kappa shape index (κ3) is 5.65. The van der Waals surface area contributed by atoms with Crippen molar-refractivity contribution < 1.29 is 30.7 Å². The number of hydrogen-bond acceptors (Lipinski definition) is 5. The first-order chi connectivity index (χ1) is 15.1. The molecule has 0 spiro atoms. The van der Waals surface area contributed by atoms with Gasteiger partial charge in [-0.2, -0.15) is 13.2 Å². The normalized spacial score (nSPS) is 16.4. The number of nitrogens with two attached hydrogens (primary N) is 1. The van der Waals surface area contributed by atoms with Crippen molar-refractivity contribution in [2.24, 2.45) is 5.92 Å². The van der Waals surface area contributed by atoms with Gasteiger partial charge in [0, 0.05) is 37.7 Å². The van der Waals surface area contributed by atoms with Gasteiger partial charge in [0.05, 0.1) is 17.9 Å². The van der Waals surface area contributed by atoms with Crippen molar-refractivity contribution in [1.29, 1.82) is 0 Å². The highest BCUT2D eigenvalue weighted by Gasteiger charge is 2.34. The predicted octanol–water partition coefficient (Wildman–Crippen LogP) is 4.18. The smallest absolute Gasteiger partial charge is 0.397 e. The van der Waals surface area contributed by atoms with Crippen molar-refractivity contribution in [3.8, 4) is 0 Å². The molecule has 0 aliphatic carbocycles. The average Bonchev–Trinajstić information content (AvgIpc) is 3.39. The zero-order valence-electron chi connectivity index (χ0n) is 16.8. The van der Waals surface area contributed by atoms with Crippen LogP contribution in [0.1, 0.15) is 12.0 Å². The summed E-state index contributed by atoms with van der Waals surface area (Å²) in [5.74, 6) is -1.39. The molecule has 4 rings (SSSR count). The highest BCUT2D eigenvalue weighted by atomic mass is 32.2. The van der Waals surface area contributed by atoms with Crippen LogP contribution >= 0.6 is 0 Å². The summed E-state index contributed by atoms with van der Waals surface area (Å²) in [7, 11) is -4.38. The molecule has 3 aromatic rings. The topological polar surface area (TPSA) is 87.2 Å². The Morgan fingerprint density at radius 1 is 1.16 bits per heavy atom. The first-order valence-electron chi connectivity index (χ1n) is 9.59. The second-order valence-electron chi connectivity index (χ2n) is 7.16. The van der Waals surface area contributed by atoms with E-state index in [1.165, 1.54) is 16.8 Å². The molecule has 0 bridgehead atoms. The summed E-state index contributed by atoms with van der Waals surface area (Å²) in [5.41, 5.74) is 4.59. The van der Waals surface area contributed by atoms with Crippen LogP contribution in [0.15, 0.2) is 71.0 Å². The zero-order chi connectivity index (χ0) is 23.4. The highest BCUT2D eigenvalue weighted by molar-refractivity contribution is 7.91. The number of aromatic nitrogens is 2. The van der Waals surface area contributed by atoms with E-state index in [2.05, 4.69) is 4.98 Å². The van der Waals surface area contributed by atoms with Crippen molar-refractivity contribution >= 4 is 15.5 Å². The summed E-state index contributed by atoms with van der Waals surface area (Å²) in [6, 6.07) is 8.22. The molecule has 1 aliphatic rings. The molecule has 6 nitrogen and oxygen atoms in total. The van der Waals surface area contributed by atoms with Crippen LogP contribution in [0.4, 0.5) is 23.2 Å². The minimum atomic E-state index is -4.77. The van der Waals surface area contributed by atoms with Gasteiger partial charge in [-0.15, -0.1) is 0 Å². The van der Waals surface area contributed by atoms with Crippen LogP contribution in [-0.2, 0) is 27.3 Å². The van der Waals surface area contributed by atoms with Crippen LogP contribution in [0.2, 0.25) is 0 Å². The van der Waals surface area contributed by atoms with E-state index in [1.807, 2.05) is 18.2 Å². The molecule has 32 heavy (non-hydrogen) atoms. The molecular formula is C21H21F4N3O3S. The Balaban J connectivity index is 0.000000416. The lowest BCUT2D eigenvalue weighted by Crippen LogP contribution is -2.16. The Morgan fingerprint density at radius 3 is 2.38 bits per heavy atom. The van der Waals surface area contributed by atoms with Crippen LogP contribution in [0, 0.1) is 11.7 Å². The molecule has 0 saturated carbocycles. The fourth-order valence-electron chi connectivity index (χ4n) is 3.21. The third-order valence-electron chi connectivity index (χ3n) is 4.75. The van der Waals surface area contributed by atoms with Gasteiger partial charge in [-0.1, -0.05) is 6.07 Å². The number of benzene rings is 1. The largest absolute Gasteiger partial charge is 0.416 e. The lowest BCUT2D eigenvalue weighted by molar-refractivity contribution is -0.137. The predicted molar refractivity (Wildman–Crippen MR) is 109 cm³/mol. The molecule has 1 saturated heterocycles. The quantitative estimate of drug-likeness (QED) is 0.577. The van der Waals surface area contributed by atoms with Gasteiger partial charge in [-0.25, -0.2) is 12.8 Å². The fraction of sp³-hybridized carbons (Fsp3) is 0.286. The van der Waals surface area contributed by atoms with Gasteiger partial charge in [0.2, 0.25) is 9.84 Å². The number of alkyl halides is 3. The van der Waals surface area contributed by atoms with Gasteiger partial charge < -0.3 is 15.0 Å². The minimum absolute atomic E-state index is 0.0770. The first-order valence-corrected chi connectivity index (χ1v) is 11.1. The van der Waals surface area contributed by atoms with E-state index in [9.17, 15) is 26.0 Å². The molecule has 2 aromatic heterocycles. The molecule has 172 valence electrons. The number of nitrogen functional groups attached to an aromatic ring is 1. The summed E-state index contributed by atoms with van der Waals surface area (Å²) in [6.07, 6.45) is 0.885. The SMILES string of the molecule is Nc1cc(S(=O)(=O)c2ccc(C(F)(F)F)cc2F)n(C[C@H]2CCOC2)c1.c1ccncc1. The van der Waals surface area contributed by atoms with Crippen LogP contribution < -0.4 is 5.73 Å². The van der Waals surface area contributed by atoms with E-state index in [0.29, 0.717) is 31.9 Å². The lowest BCUT2D eigenvalue weighted by Gasteiger charge is -2.14. The van der Waals surface area contributed by atoms with Crippen LogP contribution in [0.5, 0.6) is 0 Å². The Hall–Kier alpha value is -2.92. The summed E-state index contributed by atoms with van der Waals surface area (Å²) in [5, 5.41) is -0.263. The van der Waals surface area contributed by atoms with Crippen molar-refractivity contribution in [2.75, 3.05) is 18.9 Å². The summed E-state index contributed by atoms with van der Waals surface area (Å²) in [4.78, 5) is 2.96. The highest BCUT2D eigenvalue weighted by Crippen LogP contribution is 2.33. The number of rotatable bonds is 4. The Bertz CT molecular complexity index is 1120. The van der Waals surface area contributed by atoms with Gasteiger partial charge in [0.1, 0.15) is 15.7 Å². The number of anilines is 1. The summed E-state index contributed by atoms with van der Waals surface area (Å²) in [6.45, 7) is 1.33. The van der Waals surface area contributed by atoms with E-state index >= 15 is 0 Å². The third-order valence-corrected chi connectivity index (χ3v) is 6.56. The molecule has 1 aromatic carbocycles. The maximum absolute atomic E-state index is 14.2. The van der Waals surface area contributed by atoms with Crippen molar-refractivity contribution in [2.45, 2.75) is 29.1 Å². The van der Waals surface area contributed by atoms with Gasteiger partial charge in [-0.3, -0.25) is 4.98 Å². The molecule has 11 heteroatoms. The van der Waals surface area contributed by atoms with E-state index in [0.717, 1.165) is 6.42 Å². The minimum Gasteiger partial charge on any atom is -0.397 e. The van der Waals surface area contributed by atoms with Gasteiger partial charge in [0.15, 0.2) is 0 Å². The maximum atomic E-state index is 14.2. The monoisotopic (exact) mass is 471 g/mol.